The van der Waals surface area contributed by atoms with Crippen LogP contribution in [-0.4, -0.2) is 301 Å². The second kappa shape index (κ2) is 39.5. The molecular weight excluding hydrogens is 1820 g/mol. The van der Waals surface area contributed by atoms with Gasteiger partial charge < -0.3 is 18.9 Å². The molecule has 0 atom stereocenters. The summed E-state index contributed by atoms with van der Waals surface area (Å²) in [7, 11) is -15.3. The van der Waals surface area contributed by atoms with Crippen molar-refractivity contribution in [3.05, 3.63) is 225 Å². The first-order valence-corrected chi connectivity index (χ1v) is 50.6. The summed E-state index contributed by atoms with van der Waals surface area (Å²) in [6.07, 6.45) is 23.7. The van der Waals surface area contributed by atoms with E-state index in [-0.39, 0.29) is 53.6 Å². The summed E-state index contributed by atoms with van der Waals surface area (Å²) in [6.45, 7) is 12.2. The third kappa shape index (κ3) is 21.1. The molecule has 5 aromatic carbocycles. The minimum atomic E-state index is -3.49. The first-order valence-electron chi connectivity index (χ1n) is 41.1. The predicted octanol–water partition coefficient (Wildman–Crippen LogP) is 7.38. The molecule has 0 saturated carbocycles. The Labute approximate surface area is 766 Å². The van der Waals surface area contributed by atoms with Crippen molar-refractivity contribution < 1.29 is 46.8 Å². The average molecular weight is 1910 g/mol. The Bertz CT molecular complexity index is 7780. The van der Waals surface area contributed by atoms with E-state index in [1.165, 1.54) is 30.9 Å². The number of nitrogens with one attached hydrogen (secondary N) is 5. The number of benzene rings is 5. The van der Waals surface area contributed by atoms with Gasteiger partial charge in [0.2, 0.25) is 29.1 Å². The molecule has 0 spiro atoms. The minimum Gasteiger partial charge on any atom is -0.379 e. The number of tetrazole rings is 5. The summed E-state index contributed by atoms with van der Waals surface area (Å²) in [4.78, 5) is 25.5. The lowest BCUT2D eigenvalue weighted by molar-refractivity contribution is 0.0374. The number of imidazole rings is 1. The number of ether oxygens (including phenoxy) is 1. The largest absolute Gasteiger partial charge is 0.379 e. The molecule has 2 aliphatic rings. The quantitative estimate of drug-likeness (QED) is 0.0468. The molecule has 20 rings (SSSR count). The smallest absolute Gasteiger partial charge is 0.206 e. The Morgan fingerprint density at radius 2 is 0.836 bits per heavy atom. The second-order valence-electron chi connectivity index (χ2n) is 31.0. The highest BCUT2D eigenvalue weighted by atomic mass is 32.2. The molecule has 49 heteroatoms. The lowest BCUT2D eigenvalue weighted by atomic mass is 9.97. The number of pyridine rings is 5. The van der Waals surface area contributed by atoms with Crippen LogP contribution in [-0.2, 0) is 60.3 Å². The maximum absolute atomic E-state index is 12.4. The fraction of sp³-hybridized carbons (Fsp3) is 0.224. The van der Waals surface area contributed by atoms with E-state index >= 15 is 0 Å². The van der Waals surface area contributed by atoms with Crippen molar-refractivity contribution in [1.82, 2.24) is 162 Å². The van der Waals surface area contributed by atoms with E-state index < -0.39 is 49.2 Å². The monoisotopic (exact) mass is 1900 g/mol. The molecule has 0 aliphatic carbocycles. The van der Waals surface area contributed by atoms with Crippen molar-refractivity contribution >= 4 is 66.3 Å². The van der Waals surface area contributed by atoms with Gasteiger partial charge in [0.15, 0.2) is 60.7 Å². The summed E-state index contributed by atoms with van der Waals surface area (Å²) in [5.74, 6) is 3.40. The third-order valence-electron chi connectivity index (χ3n) is 21.7. The van der Waals surface area contributed by atoms with Crippen molar-refractivity contribution in [3.63, 3.8) is 0 Å². The molecule has 13 aromatic heterocycles. The van der Waals surface area contributed by atoms with Gasteiger partial charge in [0.25, 0.3) is 0 Å². The Morgan fingerprint density at radius 1 is 0.381 bits per heavy atom. The van der Waals surface area contributed by atoms with Gasteiger partial charge in [-0.1, -0.05) is 66.7 Å². The highest BCUT2D eigenvalue weighted by molar-refractivity contribution is 7.92. The highest BCUT2D eigenvalue weighted by Crippen LogP contribution is 2.42. The van der Waals surface area contributed by atoms with Crippen LogP contribution in [0.1, 0.15) is 23.5 Å². The van der Waals surface area contributed by atoms with Crippen LogP contribution in [0, 0.1) is 13.8 Å². The number of piperazine rings is 1. The Kier molecular flexibility index (Phi) is 27.2. The number of rotatable bonds is 21. The van der Waals surface area contributed by atoms with Gasteiger partial charge in [-0.2, -0.15) is 31.2 Å². The number of hydrogen-bond donors (Lipinski definition) is 5. The lowest BCUT2D eigenvalue weighted by Gasteiger charge is -2.33. The van der Waals surface area contributed by atoms with Crippen LogP contribution in [0.2, 0.25) is 0 Å². The number of nitrogens with zero attached hydrogens (tertiary/aromatic N) is 28. The number of anilines is 1. The van der Waals surface area contributed by atoms with Crippen molar-refractivity contribution in [2.24, 2.45) is 0 Å². The molecule has 0 unspecified atom stereocenters. The Morgan fingerprint density at radius 3 is 1.28 bits per heavy atom. The topological polar surface area (TPSA) is 566 Å². The summed E-state index contributed by atoms with van der Waals surface area (Å²) in [5.41, 5.74) is 13.1. The van der Waals surface area contributed by atoms with Crippen molar-refractivity contribution in [2.45, 2.75) is 51.2 Å². The highest BCUT2D eigenvalue weighted by Gasteiger charge is 2.30. The van der Waals surface area contributed by atoms with Crippen LogP contribution in [0.25, 0.3) is 130 Å². The van der Waals surface area contributed by atoms with Gasteiger partial charge in [0.05, 0.1) is 37.7 Å². The first kappa shape index (κ1) is 92.1. The van der Waals surface area contributed by atoms with Crippen LogP contribution < -0.4 is 4.90 Å². The van der Waals surface area contributed by atoms with Gasteiger partial charge in [-0.15, -0.1) is 61.2 Å². The number of aromatic nitrogens is 30. The third-order valence-corrected chi connectivity index (χ3v) is 27.4. The number of sulfone groups is 5. The summed E-state index contributed by atoms with van der Waals surface area (Å²) >= 11 is 0. The lowest BCUT2D eigenvalue weighted by Crippen LogP contribution is -2.44. The Balaban J connectivity index is 0.000000122. The van der Waals surface area contributed by atoms with Crippen LogP contribution in [0.4, 0.5) is 5.82 Å². The van der Waals surface area contributed by atoms with E-state index in [1.807, 2.05) is 114 Å². The standard InChI is InChI=1S/C20H24N6O3S.C18H21N7O2S.C16H13N7O2S.C16H14N6O2S.C15H13N7O2S/c1-30(27,28)18-6-2-5-17(19(18)20-22-24-25-23-20)15-7-8-16(21-14-15)4-3-9-26-10-12-29-13-11-26;1-24-8-10-25(11-9-24)16-12-13(6-7-19-16)14-4-3-5-15(28(2,26)27)17(14)18-20-22-23-21-18;1-26(24,25)13-5-2-4-12(15(13)16-19-21-22-20-16)11-6-7-14(17-10-11)23-9-3-8-18-23;1-10-8-14-17-6-7-22(14)9-12(10)11-4-3-5-13(25(2,23)24)15(11)16-18-20-21-19-16;1-9-16-17-13-7-6-10(8-22(9)13)11-4-3-5-12(25(2,23)24)14(11)15-18-20-21-19-15/h2,5-8,14H,3-4,9-13H2,1H3,(H,22,23,24,25);3-7,12H,8-11H2,1-2H3,(H,20,21,22,23);2-10H,1H3,(H,19,20,21,22);3-9H,1-2H3,(H,18,19,20,21);3-8H,1-2H3,(H,18,19,20,21). The molecule has 5 N–H and O–H groups in total. The van der Waals surface area contributed by atoms with E-state index in [0.29, 0.717) is 56.0 Å². The van der Waals surface area contributed by atoms with Crippen LogP contribution >= 0.6 is 0 Å². The molecule has 0 amide bonds. The van der Waals surface area contributed by atoms with E-state index in [0.717, 1.165) is 152 Å². The molecule has 134 heavy (non-hydrogen) atoms. The first-order chi connectivity index (χ1) is 64.4. The minimum absolute atomic E-state index is 0.132. The van der Waals surface area contributed by atoms with Crippen molar-refractivity contribution in [1.29, 1.82) is 0 Å². The van der Waals surface area contributed by atoms with E-state index in [9.17, 15) is 42.1 Å². The zero-order valence-corrected chi connectivity index (χ0v) is 77.0. The van der Waals surface area contributed by atoms with Crippen molar-refractivity contribution in [2.75, 3.05) is 102 Å². The van der Waals surface area contributed by atoms with Crippen LogP contribution in [0.3, 0.4) is 0 Å². The van der Waals surface area contributed by atoms with Gasteiger partial charge in [0.1, 0.15) is 17.3 Å². The molecular formula is C85H85N33O11S5. The molecule has 2 saturated heterocycles. The van der Waals surface area contributed by atoms with E-state index in [2.05, 4.69) is 160 Å². The SMILES string of the molecule is CN1CCN(c2cc(-c3cccc(S(C)(=O)=O)c3-c3nn[nH]n3)ccn2)CC1.CS(=O)(=O)c1cccc(-c2ccc(-n3cccn3)nc2)c1-c1nn[nH]n1.CS(=O)(=O)c1cccc(-c2ccc(CCCN3CCOCC3)nc2)c1-c1nn[nH]n1.Cc1cc2nccn2cc1-c1cccc(S(C)(=O)=O)c1-c1nn[nH]n1.Cc1nnc2ccc(-c3cccc(S(C)(=O)=O)c3-c3nn[nH]n3)cn12. The predicted molar refractivity (Wildman–Crippen MR) is 491 cm³/mol. The van der Waals surface area contributed by atoms with Gasteiger partial charge in [0, 0.05) is 177 Å². The summed E-state index contributed by atoms with van der Waals surface area (Å²) in [5, 5.41) is 81.9. The number of H-pyrrole nitrogens is 5. The number of aromatic amines is 5. The molecule has 15 heterocycles. The maximum atomic E-state index is 12.4. The molecule has 0 bridgehead atoms. The summed E-state index contributed by atoms with van der Waals surface area (Å²) < 4.78 is 134. The zero-order valence-electron chi connectivity index (χ0n) is 73.0. The van der Waals surface area contributed by atoms with E-state index in [1.54, 1.807) is 109 Å². The Hall–Kier alpha value is -15.2. The number of morpholine rings is 1. The number of hydrogen-bond acceptors (Lipinski definition) is 36. The van der Waals surface area contributed by atoms with Gasteiger partial charge in [-0.05, 0) is 196 Å². The molecule has 44 nitrogen and oxygen atoms in total. The number of aryl methyl sites for hydroxylation is 3. The fourth-order valence-electron chi connectivity index (χ4n) is 15.3. The second-order valence-corrected chi connectivity index (χ2v) is 41.0. The van der Waals surface area contributed by atoms with Crippen molar-refractivity contribution in [3.8, 4) is 118 Å². The molecule has 0 radical (unpaired) electrons. The molecule has 2 aliphatic heterocycles. The maximum Gasteiger partial charge on any atom is 0.206 e. The molecule has 2 fully saturated rings. The molecule has 18 aromatic rings. The van der Waals surface area contributed by atoms with Crippen LogP contribution in [0.15, 0.2) is 232 Å². The van der Waals surface area contributed by atoms with E-state index in [4.69, 9.17) is 4.74 Å². The van der Waals surface area contributed by atoms with Gasteiger partial charge in [-0.3, -0.25) is 14.3 Å². The van der Waals surface area contributed by atoms with Crippen LogP contribution in [0.5, 0.6) is 0 Å². The number of likely N-dealkylation sites (N-methyl/N-ethyl adjacent to an activating group) is 1. The fourth-order valence-corrected chi connectivity index (χ4v) is 19.8. The number of fused-ring (bicyclic) bond motifs is 2. The molecule has 686 valence electrons. The van der Waals surface area contributed by atoms with Gasteiger partial charge in [-0.25, -0.2) is 61.7 Å². The average Bonchev–Trinajstić information content (AvgIpc) is 1.31. The normalized spacial score (nSPS) is 13.4. The zero-order chi connectivity index (χ0) is 94.1. The van der Waals surface area contributed by atoms with Gasteiger partial charge >= 0.3 is 0 Å². The summed E-state index contributed by atoms with van der Waals surface area (Å²) in [6, 6.07) is 44.3.